The summed E-state index contributed by atoms with van der Waals surface area (Å²) in [6.07, 6.45) is 0.631. The molecule has 0 spiro atoms. The van der Waals surface area contributed by atoms with Crippen molar-refractivity contribution in [3.8, 4) is 0 Å². The monoisotopic (exact) mass is 282 g/mol. The van der Waals surface area contributed by atoms with Crippen molar-refractivity contribution in [2.24, 2.45) is 5.73 Å². The Morgan fingerprint density at radius 3 is 2.65 bits per heavy atom. The molecule has 1 aromatic rings. The molecule has 1 amide bonds. The molecule has 0 aliphatic rings. The molecule has 1 unspecified atom stereocenters. The molecule has 20 heavy (non-hydrogen) atoms. The van der Waals surface area contributed by atoms with Crippen LogP contribution in [0.1, 0.15) is 28.4 Å². The Balaban J connectivity index is 2.78. The molecule has 3 N–H and O–H groups in total. The molecule has 1 rings (SSSR count). The lowest BCUT2D eigenvalue weighted by atomic mass is 10.0. The minimum absolute atomic E-state index is 0.0670. The van der Waals surface area contributed by atoms with Crippen molar-refractivity contribution >= 4 is 11.9 Å². The van der Waals surface area contributed by atoms with E-state index >= 15 is 0 Å². The molecule has 0 saturated carbocycles. The van der Waals surface area contributed by atoms with Crippen LogP contribution in [0.2, 0.25) is 0 Å². The van der Waals surface area contributed by atoms with Crippen LogP contribution in [0.3, 0.4) is 0 Å². The number of nitrogens with two attached hydrogens (primary N) is 1. The number of carbonyl (C=O) groups is 2. The maximum atomic E-state index is 13.7. The van der Waals surface area contributed by atoms with Gasteiger partial charge in [0.2, 0.25) is 0 Å². The number of benzene rings is 1. The van der Waals surface area contributed by atoms with E-state index in [0.29, 0.717) is 12.0 Å². The molecule has 0 heterocycles. The van der Waals surface area contributed by atoms with Crippen LogP contribution in [-0.4, -0.2) is 31.6 Å². The van der Waals surface area contributed by atoms with Crippen molar-refractivity contribution in [2.75, 3.05) is 13.7 Å². The van der Waals surface area contributed by atoms with Crippen molar-refractivity contribution in [2.45, 2.75) is 26.3 Å². The number of esters is 1. The average molecular weight is 282 g/mol. The van der Waals surface area contributed by atoms with Gasteiger partial charge in [-0.1, -0.05) is 6.92 Å². The quantitative estimate of drug-likeness (QED) is 0.787. The standard InChI is InChI=1S/C14H19FN2O3/c1-4-9-5-10(6-11(15)8(9)2)13(18)17-7-12(16)14(19)20-3/h5-6,12H,4,7,16H2,1-3H3,(H,17,18). The summed E-state index contributed by atoms with van der Waals surface area (Å²) in [5, 5.41) is 2.48. The van der Waals surface area contributed by atoms with Crippen LogP contribution in [0.25, 0.3) is 0 Å². The zero-order chi connectivity index (χ0) is 15.3. The molecule has 5 nitrogen and oxygen atoms in total. The van der Waals surface area contributed by atoms with Gasteiger partial charge >= 0.3 is 5.97 Å². The van der Waals surface area contributed by atoms with Gasteiger partial charge in [-0.3, -0.25) is 9.59 Å². The molecule has 6 heteroatoms. The maximum absolute atomic E-state index is 13.7. The van der Waals surface area contributed by atoms with Gasteiger partial charge in [-0.05, 0) is 36.6 Å². The number of ether oxygens (including phenoxy) is 1. The molecule has 110 valence electrons. The Morgan fingerprint density at radius 2 is 2.10 bits per heavy atom. The van der Waals surface area contributed by atoms with Crippen molar-refractivity contribution in [3.63, 3.8) is 0 Å². The summed E-state index contributed by atoms with van der Waals surface area (Å²) < 4.78 is 18.1. The number of nitrogens with one attached hydrogen (secondary N) is 1. The van der Waals surface area contributed by atoms with Crippen molar-refractivity contribution in [1.29, 1.82) is 0 Å². The lowest BCUT2D eigenvalue weighted by Gasteiger charge is -2.12. The number of carbonyl (C=O) groups excluding carboxylic acids is 2. The van der Waals surface area contributed by atoms with Crippen LogP contribution in [0, 0.1) is 12.7 Å². The molecule has 0 aliphatic carbocycles. The van der Waals surface area contributed by atoms with Gasteiger partial charge in [-0.2, -0.15) is 0 Å². The molecule has 1 atom stereocenters. The first kappa shape index (κ1) is 16.1. The lowest BCUT2D eigenvalue weighted by Crippen LogP contribution is -2.43. The number of methoxy groups -OCH3 is 1. The summed E-state index contributed by atoms with van der Waals surface area (Å²) in [6, 6.07) is 1.87. The minimum atomic E-state index is -0.940. The summed E-state index contributed by atoms with van der Waals surface area (Å²) in [6.45, 7) is 3.49. The van der Waals surface area contributed by atoms with Gasteiger partial charge in [0.1, 0.15) is 11.9 Å². The fraction of sp³-hybridized carbons (Fsp3) is 0.429. The second-order valence-corrected chi connectivity index (χ2v) is 4.44. The Hall–Kier alpha value is -1.95. The average Bonchev–Trinajstić information content (AvgIpc) is 2.45. The number of aryl methyl sites for hydroxylation is 1. The van der Waals surface area contributed by atoms with Gasteiger partial charge in [-0.25, -0.2) is 4.39 Å². The van der Waals surface area contributed by atoms with E-state index in [1.807, 2.05) is 6.92 Å². The Kier molecular flexibility index (Phi) is 5.64. The second kappa shape index (κ2) is 7.00. The summed E-state index contributed by atoms with van der Waals surface area (Å²) >= 11 is 0. The number of amides is 1. The highest BCUT2D eigenvalue weighted by Gasteiger charge is 2.16. The topological polar surface area (TPSA) is 81.4 Å². The highest BCUT2D eigenvalue weighted by atomic mass is 19.1. The smallest absolute Gasteiger partial charge is 0.324 e. The van der Waals surface area contributed by atoms with Gasteiger partial charge in [0.05, 0.1) is 7.11 Å². The van der Waals surface area contributed by atoms with Gasteiger partial charge in [0.15, 0.2) is 0 Å². The van der Waals surface area contributed by atoms with Gasteiger partial charge in [-0.15, -0.1) is 0 Å². The Bertz CT molecular complexity index is 517. The fourth-order valence-corrected chi connectivity index (χ4v) is 1.77. The highest BCUT2D eigenvalue weighted by molar-refractivity contribution is 5.94. The predicted octanol–water partition coefficient (Wildman–Crippen LogP) is 0.927. The van der Waals surface area contributed by atoms with Crippen LogP contribution < -0.4 is 11.1 Å². The van der Waals surface area contributed by atoms with E-state index in [2.05, 4.69) is 10.1 Å². The van der Waals surface area contributed by atoms with Crippen LogP contribution in [-0.2, 0) is 16.0 Å². The lowest BCUT2D eigenvalue weighted by molar-refractivity contribution is -0.141. The second-order valence-electron chi connectivity index (χ2n) is 4.44. The highest BCUT2D eigenvalue weighted by Crippen LogP contribution is 2.16. The molecular weight excluding hydrogens is 263 g/mol. The van der Waals surface area contributed by atoms with Crippen molar-refractivity contribution in [1.82, 2.24) is 5.32 Å². The summed E-state index contributed by atoms with van der Waals surface area (Å²) in [5.74, 6) is -1.51. The molecule has 1 aromatic carbocycles. The predicted molar refractivity (Wildman–Crippen MR) is 72.8 cm³/mol. The Labute approximate surface area is 117 Å². The number of hydrogen-bond donors (Lipinski definition) is 2. The third kappa shape index (κ3) is 3.77. The van der Waals surface area contributed by atoms with Gasteiger partial charge < -0.3 is 15.8 Å². The fourth-order valence-electron chi connectivity index (χ4n) is 1.77. The molecule has 0 radical (unpaired) electrons. The molecule has 0 aliphatic heterocycles. The summed E-state index contributed by atoms with van der Waals surface area (Å²) in [7, 11) is 1.22. The normalized spacial score (nSPS) is 11.8. The van der Waals surface area contributed by atoms with E-state index in [4.69, 9.17) is 5.73 Å². The van der Waals surface area contributed by atoms with Crippen LogP contribution in [0.5, 0.6) is 0 Å². The molecule has 0 saturated heterocycles. The van der Waals surface area contributed by atoms with E-state index < -0.39 is 23.7 Å². The Morgan fingerprint density at radius 1 is 1.45 bits per heavy atom. The van der Waals surface area contributed by atoms with Crippen molar-refractivity contribution in [3.05, 3.63) is 34.6 Å². The summed E-state index contributed by atoms with van der Waals surface area (Å²) in [4.78, 5) is 23.0. The number of halogens is 1. The van der Waals surface area contributed by atoms with Crippen LogP contribution in [0.4, 0.5) is 4.39 Å². The first-order valence-electron chi connectivity index (χ1n) is 6.31. The van der Waals surface area contributed by atoms with Crippen LogP contribution >= 0.6 is 0 Å². The van der Waals surface area contributed by atoms with E-state index in [9.17, 15) is 14.0 Å². The van der Waals surface area contributed by atoms with E-state index in [-0.39, 0.29) is 12.1 Å². The molecule has 0 aromatic heterocycles. The van der Waals surface area contributed by atoms with E-state index in [1.54, 1.807) is 13.0 Å². The third-order valence-corrected chi connectivity index (χ3v) is 3.08. The first-order valence-corrected chi connectivity index (χ1v) is 6.31. The van der Waals surface area contributed by atoms with E-state index in [0.717, 1.165) is 5.56 Å². The first-order chi connectivity index (χ1) is 9.40. The molecule has 0 bridgehead atoms. The molecular formula is C14H19FN2O3. The number of rotatable bonds is 5. The third-order valence-electron chi connectivity index (χ3n) is 3.08. The van der Waals surface area contributed by atoms with Crippen molar-refractivity contribution < 1.29 is 18.7 Å². The SMILES string of the molecule is CCc1cc(C(=O)NCC(N)C(=O)OC)cc(F)c1C. The zero-order valence-electron chi connectivity index (χ0n) is 11.8. The van der Waals surface area contributed by atoms with Gasteiger partial charge in [0.25, 0.3) is 5.91 Å². The largest absolute Gasteiger partial charge is 0.468 e. The zero-order valence-corrected chi connectivity index (χ0v) is 11.8. The summed E-state index contributed by atoms with van der Waals surface area (Å²) in [5.41, 5.74) is 7.02. The number of hydrogen-bond acceptors (Lipinski definition) is 4. The maximum Gasteiger partial charge on any atom is 0.324 e. The van der Waals surface area contributed by atoms with E-state index in [1.165, 1.54) is 13.2 Å². The minimum Gasteiger partial charge on any atom is -0.468 e. The van der Waals surface area contributed by atoms with Crippen LogP contribution in [0.15, 0.2) is 12.1 Å². The van der Waals surface area contributed by atoms with Gasteiger partial charge in [0, 0.05) is 12.1 Å². The molecule has 0 fully saturated rings.